The largest absolute Gasteiger partial charge is 0.464 e. The summed E-state index contributed by atoms with van der Waals surface area (Å²) in [4.78, 5) is 22.8. The molecule has 0 saturated carbocycles. The molecule has 0 aromatic heterocycles. The predicted octanol–water partition coefficient (Wildman–Crippen LogP) is 1.40. The molecule has 1 aliphatic rings. The van der Waals surface area contributed by atoms with E-state index in [1.165, 1.54) is 0 Å². The number of esters is 1. The van der Waals surface area contributed by atoms with Crippen molar-refractivity contribution in [2.75, 3.05) is 12.4 Å². The van der Waals surface area contributed by atoms with E-state index in [4.69, 9.17) is 4.74 Å². The maximum atomic E-state index is 11.7. The second-order valence-electron chi connectivity index (χ2n) is 3.55. The Hall–Kier alpha value is -0.710. The number of hydrogen-bond donors (Lipinski definition) is 1. The summed E-state index contributed by atoms with van der Waals surface area (Å²) in [5.41, 5.74) is -0.822. The van der Waals surface area contributed by atoms with Gasteiger partial charge in [-0.2, -0.15) is 0 Å². The van der Waals surface area contributed by atoms with Crippen molar-refractivity contribution in [2.24, 2.45) is 5.92 Å². The summed E-state index contributed by atoms with van der Waals surface area (Å²) in [7, 11) is 0. The van der Waals surface area contributed by atoms with Gasteiger partial charge in [0.25, 0.3) is 5.24 Å². The average molecular weight is 217 g/mol. The third kappa shape index (κ3) is 1.87. The summed E-state index contributed by atoms with van der Waals surface area (Å²) >= 11 is 1.14. The molecule has 0 spiro atoms. The second kappa shape index (κ2) is 4.21. The highest BCUT2D eigenvalue weighted by Gasteiger charge is 2.48. The molecule has 0 bridgehead atoms. The molecule has 1 N–H and O–H groups in total. The minimum Gasteiger partial charge on any atom is -0.464 e. The molecular formula is C9H15NO3S. The smallest absolute Gasteiger partial charge is 0.333 e. The molecule has 0 aromatic rings. The molecule has 4 nitrogen and oxygen atoms in total. The summed E-state index contributed by atoms with van der Waals surface area (Å²) in [6.45, 7) is 5.91. The van der Waals surface area contributed by atoms with Crippen molar-refractivity contribution in [1.82, 2.24) is 5.32 Å². The maximum Gasteiger partial charge on any atom is 0.333 e. The summed E-state index contributed by atoms with van der Waals surface area (Å²) < 4.78 is 4.97. The fourth-order valence-electron chi connectivity index (χ4n) is 1.35. The van der Waals surface area contributed by atoms with Crippen LogP contribution in [0.3, 0.4) is 0 Å². The molecule has 14 heavy (non-hydrogen) atoms. The Bertz CT molecular complexity index is 254. The minimum absolute atomic E-state index is 0.0421. The van der Waals surface area contributed by atoms with E-state index < -0.39 is 5.54 Å². The molecule has 1 unspecified atom stereocenters. The van der Waals surface area contributed by atoms with E-state index in [2.05, 4.69) is 5.32 Å². The van der Waals surface area contributed by atoms with E-state index in [-0.39, 0.29) is 17.1 Å². The molecule has 1 atom stereocenters. The molecule has 1 heterocycles. The number of ether oxygens (including phenoxy) is 1. The quantitative estimate of drug-likeness (QED) is 0.726. The zero-order chi connectivity index (χ0) is 10.8. The normalized spacial score (nSPS) is 26.4. The van der Waals surface area contributed by atoms with Crippen LogP contribution in [0.15, 0.2) is 0 Å². The molecule has 1 saturated heterocycles. The van der Waals surface area contributed by atoms with E-state index in [1.807, 2.05) is 13.8 Å². The molecule has 80 valence electrons. The Morgan fingerprint density at radius 2 is 2.36 bits per heavy atom. The van der Waals surface area contributed by atoms with Crippen molar-refractivity contribution in [3.8, 4) is 0 Å². The highest BCUT2D eigenvalue weighted by atomic mass is 32.2. The number of hydrogen-bond acceptors (Lipinski definition) is 4. The first-order valence-corrected chi connectivity index (χ1v) is 5.63. The lowest BCUT2D eigenvalue weighted by molar-refractivity contribution is -0.151. The van der Waals surface area contributed by atoms with Gasteiger partial charge in [0.05, 0.1) is 6.61 Å². The fourth-order valence-corrected chi connectivity index (χ4v) is 2.49. The van der Waals surface area contributed by atoms with Gasteiger partial charge in [-0.15, -0.1) is 0 Å². The fraction of sp³-hybridized carbons (Fsp3) is 0.778. The zero-order valence-corrected chi connectivity index (χ0v) is 9.44. The molecular weight excluding hydrogens is 202 g/mol. The van der Waals surface area contributed by atoms with Gasteiger partial charge < -0.3 is 10.1 Å². The van der Waals surface area contributed by atoms with Crippen LogP contribution in [0, 0.1) is 5.92 Å². The third-order valence-corrected chi connectivity index (χ3v) is 3.35. The molecule has 0 radical (unpaired) electrons. The standard InChI is InChI=1S/C9H15NO3S/c1-4-13-7(11)9(6(2)3)5-14-8(12)10-9/h6H,4-5H2,1-3H3,(H,10,12). The minimum atomic E-state index is -0.822. The van der Waals surface area contributed by atoms with Crippen LogP contribution in [0.1, 0.15) is 20.8 Å². The molecule has 1 fully saturated rings. The second-order valence-corrected chi connectivity index (χ2v) is 4.50. The average Bonchev–Trinajstić information content (AvgIpc) is 2.49. The first kappa shape index (κ1) is 11.4. The zero-order valence-electron chi connectivity index (χ0n) is 8.62. The molecule has 0 aromatic carbocycles. The summed E-state index contributed by atoms with van der Waals surface area (Å²) in [5, 5.41) is 2.55. The first-order chi connectivity index (χ1) is 6.53. The van der Waals surface area contributed by atoms with E-state index in [0.29, 0.717) is 12.4 Å². The molecule has 0 aliphatic carbocycles. The van der Waals surface area contributed by atoms with Crippen LogP contribution in [0.2, 0.25) is 0 Å². The Labute approximate surface area is 87.8 Å². The molecule has 1 aliphatic heterocycles. The topological polar surface area (TPSA) is 55.4 Å². The van der Waals surface area contributed by atoms with Crippen LogP contribution in [0.5, 0.6) is 0 Å². The highest BCUT2D eigenvalue weighted by Crippen LogP contribution is 2.30. The van der Waals surface area contributed by atoms with Gasteiger partial charge in [-0.1, -0.05) is 25.6 Å². The van der Waals surface area contributed by atoms with Gasteiger partial charge in [0.15, 0.2) is 5.54 Å². The van der Waals surface area contributed by atoms with Gasteiger partial charge >= 0.3 is 5.97 Å². The third-order valence-electron chi connectivity index (χ3n) is 2.38. The predicted molar refractivity (Wildman–Crippen MR) is 55.2 cm³/mol. The number of carbonyl (C=O) groups is 2. The van der Waals surface area contributed by atoms with Crippen molar-refractivity contribution in [3.05, 3.63) is 0 Å². The first-order valence-electron chi connectivity index (χ1n) is 4.65. The maximum absolute atomic E-state index is 11.7. The Balaban J connectivity index is 2.83. The van der Waals surface area contributed by atoms with Crippen molar-refractivity contribution in [1.29, 1.82) is 0 Å². The van der Waals surface area contributed by atoms with Crippen LogP contribution >= 0.6 is 11.8 Å². The van der Waals surface area contributed by atoms with Gasteiger partial charge in [0, 0.05) is 5.75 Å². The van der Waals surface area contributed by atoms with E-state index >= 15 is 0 Å². The lowest BCUT2D eigenvalue weighted by atomic mass is 9.88. The van der Waals surface area contributed by atoms with Gasteiger partial charge in [0.1, 0.15) is 0 Å². The van der Waals surface area contributed by atoms with Crippen molar-refractivity contribution in [3.63, 3.8) is 0 Å². The lowest BCUT2D eigenvalue weighted by Gasteiger charge is -2.29. The lowest BCUT2D eigenvalue weighted by Crippen LogP contribution is -2.55. The summed E-state index contributed by atoms with van der Waals surface area (Å²) in [6, 6.07) is 0. The number of carbonyl (C=O) groups excluding carboxylic acids is 2. The number of nitrogens with one attached hydrogen (secondary N) is 1. The molecule has 1 amide bonds. The van der Waals surface area contributed by atoms with Crippen LogP contribution in [-0.2, 0) is 9.53 Å². The monoisotopic (exact) mass is 217 g/mol. The van der Waals surface area contributed by atoms with Crippen LogP contribution in [0.4, 0.5) is 4.79 Å². The molecule has 1 rings (SSSR count). The van der Waals surface area contributed by atoms with E-state index in [0.717, 1.165) is 11.8 Å². The Kier molecular flexibility index (Phi) is 3.42. The summed E-state index contributed by atoms with van der Waals surface area (Å²) in [5.74, 6) is 0.177. The molecule has 5 heteroatoms. The Morgan fingerprint density at radius 1 is 1.71 bits per heavy atom. The van der Waals surface area contributed by atoms with Gasteiger partial charge in [-0.25, -0.2) is 4.79 Å². The Morgan fingerprint density at radius 3 is 2.71 bits per heavy atom. The van der Waals surface area contributed by atoms with Crippen LogP contribution in [0.25, 0.3) is 0 Å². The SMILES string of the molecule is CCOC(=O)C1(C(C)C)CSC(=O)N1. The van der Waals surface area contributed by atoms with Crippen molar-refractivity contribution < 1.29 is 14.3 Å². The highest BCUT2D eigenvalue weighted by molar-refractivity contribution is 8.14. The van der Waals surface area contributed by atoms with E-state index in [1.54, 1.807) is 6.92 Å². The van der Waals surface area contributed by atoms with Crippen molar-refractivity contribution in [2.45, 2.75) is 26.3 Å². The van der Waals surface area contributed by atoms with Gasteiger partial charge in [0.2, 0.25) is 0 Å². The van der Waals surface area contributed by atoms with E-state index in [9.17, 15) is 9.59 Å². The van der Waals surface area contributed by atoms with Crippen molar-refractivity contribution >= 4 is 23.0 Å². The van der Waals surface area contributed by atoms with Gasteiger partial charge in [-0.05, 0) is 12.8 Å². The number of rotatable bonds is 3. The van der Waals surface area contributed by atoms with Gasteiger partial charge in [-0.3, -0.25) is 4.79 Å². The van der Waals surface area contributed by atoms with Crippen LogP contribution in [-0.4, -0.2) is 29.1 Å². The van der Waals surface area contributed by atoms with Crippen LogP contribution < -0.4 is 5.32 Å². The summed E-state index contributed by atoms with van der Waals surface area (Å²) in [6.07, 6.45) is 0. The number of thioether (sulfide) groups is 1. The number of amides is 1.